The summed E-state index contributed by atoms with van der Waals surface area (Å²) < 4.78 is 0. The Labute approximate surface area is 181 Å². The molecule has 0 radical (unpaired) electrons. The van der Waals surface area contributed by atoms with E-state index >= 15 is 0 Å². The topological polar surface area (TPSA) is 52.7 Å². The molecule has 0 atom stereocenters. The van der Waals surface area contributed by atoms with Gasteiger partial charge in [-0.25, -0.2) is 0 Å². The smallest absolute Gasteiger partial charge is 0.257 e. The van der Waals surface area contributed by atoms with Gasteiger partial charge in [0.1, 0.15) is 0 Å². The molecule has 2 aromatic rings. The van der Waals surface area contributed by atoms with Crippen molar-refractivity contribution in [3.63, 3.8) is 0 Å². The normalized spacial score (nSPS) is 14.7. The Kier molecular flexibility index (Phi) is 6.39. The lowest BCUT2D eigenvalue weighted by Crippen LogP contribution is -2.51. The largest absolute Gasteiger partial charge is 0.368 e. The molecule has 2 amide bonds. The number of carbonyl (C=O) groups is 2. The summed E-state index contributed by atoms with van der Waals surface area (Å²) in [5.41, 5.74) is 1.72. The fourth-order valence-corrected chi connectivity index (χ4v) is 3.66. The average molecular weight is 434 g/mol. The molecule has 7 heteroatoms. The second kappa shape index (κ2) is 8.64. The third-order valence-corrected chi connectivity index (χ3v) is 5.71. The van der Waals surface area contributed by atoms with E-state index in [-0.39, 0.29) is 22.3 Å². The Morgan fingerprint density at radius 2 is 1.55 bits per heavy atom. The van der Waals surface area contributed by atoms with E-state index in [0.717, 1.165) is 18.8 Å². The van der Waals surface area contributed by atoms with Gasteiger partial charge in [-0.1, -0.05) is 50.0 Å². The number of anilines is 2. The second-order valence-corrected chi connectivity index (χ2v) is 8.92. The molecule has 0 spiro atoms. The van der Waals surface area contributed by atoms with Crippen molar-refractivity contribution in [3.8, 4) is 0 Å². The fourth-order valence-electron chi connectivity index (χ4n) is 3.28. The molecule has 0 saturated carbocycles. The maximum absolute atomic E-state index is 12.5. The molecule has 0 unspecified atom stereocenters. The quantitative estimate of drug-likeness (QED) is 0.745. The summed E-state index contributed by atoms with van der Waals surface area (Å²) in [6.07, 6.45) is 0. The molecule has 1 N–H and O–H groups in total. The van der Waals surface area contributed by atoms with E-state index in [2.05, 4.69) is 10.2 Å². The lowest BCUT2D eigenvalue weighted by atomic mass is 9.94. The highest BCUT2D eigenvalue weighted by atomic mass is 35.5. The number of halogens is 2. The van der Waals surface area contributed by atoms with Gasteiger partial charge in [-0.2, -0.15) is 0 Å². The Hall–Kier alpha value is -2.24. The highest BCUT2D eigenvalue weighted by Crippen LogP contribution is 2.27. The summed E-state index contributed by atoms with van der Waals surface area (Å²) in [5.74, 6) is -0.116. The molecule has 29 heavy (non-hydrogen) atoms. The van der Waals surface area contributed by atoms with Crippen molar-refractivity contribution < 1.29 is 9.59 Å². The zero-order valence-corrected chi connectivity index (χ0v) is 18.3. The van der Waals surface area contributed by atoms with Gasteiger partial charge in [-0.3, -0.25) is 9.59 Å². The highest BCUT2D eigenvalue weighted by molar-refractivity contribution is 6.44. The van der Waals surface area contributed by atoms with Gasteiger partial charge in [0, 0.05) is 43.0 Å². The molecular weight excluding hydrogens is 409 g/mol. The molecule has 1 aliphatic rings. The third-order valence-electron chi connectivity index (χ3n) is 4.90. The Balaban J connectivity index is 1.60. The number of nitrogens with zero attached hydrogens (tertiary/aromatic N) is 2. The summed E-state index contributed by atoms with van der Waals surface area (Å²) in [6, 6.07) is 12.6. The van der Waals surface area contributed by atoms with Crippen LogP contribution in [0.1, 0.15) is 31.1 Å². The summed E-state index contributed by atoms with van der Waals surface area (Å²) in [4.78, 5) is 29.0. The standard InChI is InChI=1S/C22H25Cl2N3O2/c1-22(2,3)21(29)27-13-11-26(12-14-27)16-9-7-15(8-10-16)25-20(28)17-5-4-6-18(23)19(17)24/h4-10H,11-14H2,1-3H3,(H,25,28). The van der Waals surface area contributed by atoms with Crippen LogP contribution in [0.15, 0.2) is 42.5 Å². The Morgan fingerprint density at radius 1 is 0.931 bits per heavy atom. The number of hydrogen-bond donors (Lipinski definition) is 1. The van der Waals surface area contributed by atoms with Crippen LogP contribution in [0.5, 0.6) is 0 Å². The van der Waals surface area contributed by atoms with Gasteiger partial charge in [-0.15, -0.1) is 0 Å². The highest BCUT2D eigenvalue weighted by Gasteiger charge is 2.29. The molecule has 3 rings (SSSR count). The molecule has 5 nitrogen and oxygen atoms in total. The van der Waals surface area contributed by atoms with Crippen LogP contribution in [0.2, 0.25) is 10.0 Å². The molecule has 1 aliphatic heterocycles. The molecule has 0 bridgehead atoms. The molecule has 2 aromatic carbocycles. The van der Waals surface area contributed by atoms with Gasteiger partial charge in [0.2, 0.25) is 5.91 Å². The van der Waals surface area contributed by atoms with Crippen LogP contribution in [0, 0.1) is 5.41 Å². The minimum Gasteiger partial charge on any atom is -0.368 e. The van der Waals surface area contributed by atoms with Crippen LogP contribution < -0.4 is 10.2 Å². The number of carbonyl (C=O) groups excluding carboxylic acids is 2. The molecule has 0 aromatic heterocycles. The van der Waals surface area contributed by atoms with Crippen molar-refractivity contribution >= 4 is 46.4 Å². The first-order chi connectivity index (χ1) is 13.7. The Bertz CT molecular complexity index is 899. The van der Waals surface area contributed by atoms with Crippen molar-refractivity contribution in [3.05, 3.63) is 58.1 Å². The molecule has 1 saturated heterocycles. The van der Waals surface area contributed by atoms with Crippen LogP contribution in [-0.2, 0) is 4.79 Å². The molecule has 0 aliphatic carbocycles. The van der Waals surface area contributed by atoms with Gasteiger partial charge in [-0.05, 0) is 36.4 Å². The monoisotopic (exact) mass is 433 g/mol. The van der Waals surface area contributed by atoms with E-state index < -0.39 is 0 Å². The third kappa shape index (κ3) is 5.03. The van der Waals surface area contributed by atoms with Crippen LogP contribution in [-0.4, -0.2) is 42.9 Å². The maximum Gasteiger partial charge on any atom is 0.257 e. The van der Waals surface area contributed by atoms with E-state index in [0.29, 0.717) is 29.4 Å². The van der Waals surface area contributed by atoms with Crippen molar-refractivity contribution in [2.75, 3.05) is 36.4 Å². The number of hydrogen-bond acceptors (Lipinski definition) is 3. The summed E-state index contributed by atoms with van der Waals surface area (Å²) in [5, 5.41) is 3.43. The van der Waals surface area contributed by atoms with E-state index in [1.807, 2.05) is 49.9 Å². The van der Waals surface area contributed by atoms with Gasteiger partial charge in [0.25, 0.3) is 5.91 Å². The van der Waals surface area contributed by atoms with Gasteiger partial charge in [0.15, 0.2) is 0 Å². The van der Waals surface area contributed by atoms with E-state index in [1.165, 1.54) is 0 Å². The lowest BCUT2D eigenvalue weighted by molar-refractivity contribution is -0.139. The fraction of sp³-hybridized carbons (Fsp3) is 0.364. The summed E-state index contributed by atoms with van der Waals surface area (Å²) >= 11 is 12.1. The number of piperazine rings is 1. The predicted octanol–water partition coefficient (Wildman–Crippen LogP) is 4.94. The maximum atomic E-state index is 12.5. The number of rotatable bonds is 3. The molecule has 1 heterocycles. The van der Waals surface area contributed by atoms with Gasteiger partial charge in [0.05, 0.1) is 15.6 Å². The molecular formula is C22H25Cl2N3O2. The average Bonchev–Trinajstić information content (AvgIpc) is 2.69. The van der Waals surface area contributed by atoms with Crippen LogP contribution in [0.4, 0.5) is 11.4 Å². The molecule has 154 valence electrons. The van der Waals surface area contributed by atoms with Crippen LogP contribution >= 0.6 is 23.2 Å². The first-order valence-electron chi connectivity index (χ1n) is 9.56. The van der Waals surface area contributed by atoms with E-state index in [4.69, 9.17) is 23.2 Å². The second-order valence-electron chi connectivity index (χ2n) is 8.13. The zero-order chi connectivity index (χ0) is 21.2. The summed E-state index contributed by atoms with van der Waals surface area (Å²) in [6.45, 7) is 8.84. The van der Waals surface area contributed by atoms with Crippen molar-refractivity contribution in [2.24, 2.45) is 5.41 Å². The first kappa shape index (κ1) is 21.5. The van der Waals surface area contributed by atoms with Crippen LogP contribution in [0.3, 0.4) is 0 Å². The van der Waals surface area contributed by atoms with Crippen LogP contribution in [0.25, 0.3) is 0 Å². The lowest BCUT2D eigenvalue weighted by Gasteiger charge is -2.38. The number of nitrogens with one attached hydrogen (secondary N) is 1. The molecule has 1 fully saturated rings. The SMILES string of the molecule is CC(C)(C)C(=O)N1CCN(c2ccc(NC(=O)c3cccc(Cl)c3Cl)cc2)CC1. The first-order valence-corrected chi connectivity index (χ1v) is 10.3. The number of benzene rings is 2. The van der Waals surface area contributed by atoms with Crippen molar-refractivity contribution in [2.45, 2.75) is 20.8 Å². The van der Waals surface area contributed by atoms with Crippen molar-refractivity contribution in [1.82, 2.24) is 4.90 Å². The minimum absolute atomic E-state index is 0.190. The van der Waals surface area contributed by atoms with E-state index in [9.17, 15) is 9.59 Å². The minimum atomic E-state index is -0.353. The van der Waals surface area contributed by atoms with Gasteiger partial charge < -0.3 is 15.1 Å². The zero-order valence-electron chi connectivity index (χ0n) is 16.8. The number of amides is 2. The van der Waals surface area contributed by atoms with Gasteiger partial charge >= 0.3 is 0 Å². The summed E-state index contributed by atoms with van der Waals surface area (Å²) in [7, 11) is 0. The predicted molar refractivity (Wildman–Crippen MR) is 119 cm³/mol. The van der Waals surface area contributed by atoms with E-state index in [1.54, 1.807) is 18.2 Å². The van der Waals surface area contributed by atoms with Crippen molar-refractivity contribution in [1.29, 1.82) is 0 Å². The Morgan fingerprint density at radius 3 is 2.14 bits per heavy atom.